The molecule has 0 spiro atoms. The molecular weight excluding hydrogens is 293 g/mol. The maximum atomic E-state index is 12.9. The maximum Gasteiger partial charge on any atom is 0.330 e. The highest BCUT2D eigenvalue weighted by atomic mass is 32.1. The van der Waals surface area contributed by atoms with Crippen LogP contribution in [0, 0.1) is 10.5 Å². The second-order valence-corrected chi connectivity index (χ2v) is 5.01. The Morgan fingerprint density at radius 3 is 2.57 bits per heavy atom. The lowest BCUT2D eigenvalue weighted by Crippen LogP contribution is -2.27. The molecule has 0 bridgehead atoms. The van der Waals surface area contributed by atoms with Gasteiger partial charge in [-0.2, -0.15) is 4.98 Å². The van der Waals surface area contributed by atoms with Crippen LogP contribution in [0.2, 0.25) is 0 Å². The van der Waals surface area contributed by atoms with Gasteiger partial charge in [-0.25, -0.2) is 9.18 Å². The highest BCUT2D eigenvalue weighted by Crippen LogP contribution is 2.18. The highest BCUT2D eigenvalue weighted by molar-refractivity contribution is 7.71. The summed E-state index contributed by atoms with van der Waals surface area (Å²) >= 11 is 5.24. The van der Waals surface area contributed by atoms with Crippen LogP contribution < -0.4 is 11.0 Å². The molecule has 2 heterocycles. The first-order valence-electron chi connectivity index (χ1n) is 6.15. The average molecular weight is 305 g/mol. The second kappa shape index (κ2) is 4.81. The predicted octanol–water partition coefficient (Wildman–Crippen LogP) is 2.21. The molecule has 0 saturated heterocycles. The molecular formula is C13H12FN5OS. The van der Waals surface area contributed by atoms with Crippen molar-refractivity contribution in [1.82, 2.24) is 19.1 Å². The number of hydrogen-bond acceptors (Lipinski definition) is 4. The number of aromatic amines is 1. The van der Waals surface area contributed by atoms with E-state index in [1.807, 2.05) is 0 Å². The minimum Gasteiger partial charge on any atom is -0.326 e. The summed E-state index contributed by atoms with van der Waals surface area (Å²) in [7, 11) is 3.24. The summed E-state index contributed by atoms with van der Waals surface area (Å²) < 4.78 is 16.1. The van der Waals surface area contributed by atoms with E-state index in [1.54, 1.807) is 26.2 Å². The van der Waals surface area contributed by atoms with E-state index in [1.165, 1.54) is 21.3 Å². The SMILES string of the molecule is Cn1c(=S)c2[nH]c(Nc3ccc(F)cc3)nc2n(C)c1=O. The van der Waals surface area contributed by atoms with E-state index < -0.39 is 0 Å². The van der Waals surface area contributed by atoms with E-state index in [0.717, 1.165) is 0 Å². The third kappa shape index (κ3) is 2.23. The second-order valence-electron chi connectivity index (χ2n) is 4.62. The number of benzene rings is 1. The monoisotopic (exact) mass is 305 g/mol. The van der Waals surface area contributed by atoms with Gasteiger partial charge < -0.3 is 10.3 Å². The smallest absolute Gasteiger partial charge is 0.326 e. The fourth-order valence-corrected chi connectivity index (χ4v) is 2.28. The first-order chi connectivity index (χ1) is 9.97. The number of imidazole rings is 1. The van der Waals surface area contributed by atoms with Crippen molar-refractivity contribution in [3.63, 3.8) is 0 Å². The molecule has 21 heavy (non-hydrogen) atoms. The van der Waals surface area contributed by atoms with E-state index in [0.29, 0.717) is 27.4 Å². The maximum absolute atomic E-state index is 12.9. The first kappa shape index (κ1) is 13.5. The molecule has 0 atom stereocenters. The van der Waals surface area contributed by atoms with Crippen LogP contribution in [0.15, 0.2) is 29.1 Å². The molecule has 3 aromatic rings. The quantitative estimate of drug-likeness (QED) is 0.712. The molecule has 0 radical (unpaired) electrons. The number of halogens is 1. The fourth-order valence-electron chi connectivity index (χ4n) is 2.06. The lowest BCUT2D eigenvalue weighted by molar-refractivity contribution is 0.628. The fraction of sp³-hybridized carbons (Fsp3) is 0.154. The van der Waals surface area contributed by atoms with Crippen molar-refractivity contribution in [2.45, 2.75) is 0 Å². The van der Waals surface area contributed by atoms with Crippen LogP contribution >= 0.6 is 12.2 Å². The Hall–Kier alpha value is -2.48. The Kier molecular flexibility index (Phi) is 3.09. The Morgan fingerprint density at radius 2 is 1.90 bits per heavy atom. The number of H-pyrrole nitrogens is 1. The zero-order valence-corrected chi connectivity index (χ0v) is 12.2. The Labute approximate surface area is 123 Å². The summed E-state index contributed by atoms with van der Waals surface area (Å²) in [6.07, 6.45) is 0. The van der Waals surface area contributed by atoms with E-state index in [-0.39, 0.29) is 11.5 Å². The number of nitrogens with one attached hydrogen (secondary N) is 2. The molecule has 2 aromatic heterocycles. The average Bonchev–Trinajstić information content (AvgIpc) is 2.89. The molecule has 0 aliphatic heterocycles. The Balaban J connectivity index is 2.12. The molecule has 0 aliphatic rings. The van der Waals surface area contributed by atoms with Gasteiger partial charge in [-0.3, -0.25) is 9.13 Å². The number of aryl methyl sites for hydroxylation is 1. The van der Waals surface area contributed by atoms with Crippen molar-refractivity contribution >= 4 is 35.0 Å². The van der Waals surface area contributed by atoms with Crippen molar-refractivity contribution in [2.75, 3.05) is 5.32 Å². The standard InChI is InChI=1S/C13H12FN5OS/c1-18-10-9(11(21)19(2)13(18)20)16-12(17-10)15-8-5-3-7(14)4-6-8/h3-6H,1-2H3,(H2,15,16,17). The summed E-state index contributed by atoms with van der Waals surface area (Å²) in [4.78, 5) is 19.3. The van der Waals surface area contributed by atoms with Gasteiger partial charge in [-0.05, 0) is 24.3 Å². The van der Waals surface area contributed by atoms with Crippen molar-refractivity contribution < 1.29 is 4.39 Å². The van der Waals surface area contributed by atoms with Crippen LogP contribution in [0.3, 0.4) is 0 Å². The van der Waals surface area contributed by atoms with Crippen LogP contribution in [-0.2, 0) is 14.1 Å². The lowest BCUT2D eigenvalue weighted by atomic mass is 10.3. The van der Waals surface area contributed by atoms with E-state index in [9.17, 15) is 9.18 Å². The summed E-state index contributed by atoms with van der Waals surface area (Å²) in [5, 5.41) is 3.01. The van der Waals surface area contributed by atoms with Gasteiger partial charge in [0.1, 0.15) is 16.0 Å². The largest absolute Gasteiger partial charge is 0.330 e. The predicted molar refractivity (Wildman–Crippen MR) is 80.8 cm³/mol. The van der Waals surface area contributed by atoms with Crippen LogP contribution in [0.25, 0.3) is 11.2 Å². The number of aromatic nitrogens is 4. The molecule has 1 aromatic carbocycles. The van der Waals surface area contributed by atoms with E-state index in [4.69, 9.17) is 12.2 Å². The normalized spacial score (nSPS) is 11.0. The third-order valence-electron chi connectivity index (χ3n) is 3.20. The number of fused-ring (bicyclic) bond motifs is 1. The van der Waals surface area contributed by atoms with Gasteiger partial charge in [0.2, 0.25) is 5.95 Å². The molecule has 6 nitrogen and oxygen atoms in total. The van der Waals surface area contributed by atoms with Crippen LogP contribution in [0.4, 0.5) is 16.0 Å². The van der Waals surface area contributed by atoms with Crippen LogP contribution in [0.5, 0.6) is 0 Å². The van der Waals surface area contributed by atoms with Gasteiger partial charge in [-0.1, -0.05) is 12.2 Å². The van der Waals surface area contributed by atoms with Crippen molar-refractivity contribution in [3.8, 4) is 0 Å². The molecule has 0 unspecified atom stereocenters. The Bertz CT molecular complexity index is 938. The first-order valence-corrected chi connectivity index (χ1v) is 6.56. The van der Waals surface area contributed by atoms with Crippen molar-refractivity contribution in [2.24, 2.45) is 14.1 Å². The van der Waals surface area contributed by atoms with Crippen molar-refractivity contribution in [1.29, 1.82) is 0 Å². The molecule has 2 N–H and O–H groups in total. The molecule has 3 rings (SSSR count). The molecule has 0 amide bonds. The number of anilines is 2. The lowest BCUT2D eigenvalue weighted by Gasteiger charge is -2.02. The summed E-state index contributed by atoms with van der Waals surface area (Å²) in [5.41, 5.74) is 1.50. The number of rotatable bonds is 2. The van der Waals surface area contributed by atoms with Gasteiger partial charge in [0.15, 0.2) is 5.65 Å². The van der Waals surface area contributed by atoms with Gasteiger partial charge in [0, 0.05) is 19.8 Å². The van der Waals surface area contributed by atoms with Crippen LogP contribution in [-0.4, -0.2) is 19.1 Å². The van der Waals surface area contributed by atoms with Crippen molar-refractivity contribution in [3.05, 3.63) is 45.2 Å². The third-order valence-corrected chi connectivity index (χ3v) is 3.68. The molecule has 0 saturated carbocycles. The minimum atomic E-state index is -0.313. The van der Waals surface area contributed by atoms with Gasteiger partial charge in [0.25, 0.3) is 0 Å². The van der Waals surface area contributed by atoms with Gasteiger partial charge in [0.05, 0.1) is 0 Å². The molecule has 108 valence electrons. The number of nitrogens with zero attached hydrogens (tertiary/aromatic N) is 3. The Morgan fingerprint density at radius 1 is 1.24 bits per heavy atom. The number of hydrogen-bond donors (Lipinski definition) is 2. The molecule has 0 fully saturated rings. The topological polar surface area (TPSA) is 67.6 Å². The summed E-state index contributed by atoms with van der Waals surface area (Å²) in [5.74, 6) is 0.122. The molecule has 0 aliphatic carbocycles. The van der Waals surface area contributed by atoms with E-state index in [2.05, 4.69) is 15.3 Å². The van der Waals surface area contributed by atoms with Gasteiger partial charge >= 0.3 is 5.69 Å². The zero-order valence-electron chi connectivity index (χ0n) is 11.3. The summed E-state index contributed by atoms with van der Waals surface area (Å²) in [6, 6.07) is 5.88. The highest BCUT2D eigenvalue weighted by Gasteiger charge is 2.11. The minimum absolute atomic E-state index is 0.243. The molecule has 8 heteroatoms. The van der Waals surface area contributed by atoms with E-state index >= 15 is 0 Å². The summed E-state index contributed by atoms with van der Waals surface area (Å²) in [6.45, 7) is 0. The van der Waals surface area contributed by atoms with Gasteiger partial charge in [-0.15, -0.1) is 0 Å². The van der Waals surface area contributed by atoms with Crippen LogP contribution in [0.1, 0.15) is 0 Å². The zero-order chi connectivity index (χ0) is 15.1.